The van der Waals surface area contributed by atoms with Gasteiger partial charge in [0.05, 0.1) is 13.1 Å². The van der Waals surface area contributed by atoms with Crippen LogP contribution in [0.1, 0.15) is 12.8 Å². The summed E-state index contributed by atoms with van der Waals surface area (Å²) in [6.45, 7) is -0.505. The second-order valence-corrected chi connectivity index (χ2v) is 2.82. The van der Waals surface area contributed by atoms with Gasteiger partial charge >= 0.3 is 11.9 Å². The number of rotatable bonds is 8. The zero-order chi connectivity index (χ0) is 11.8. The van der Waals surface area contributed by atoms with Crippen molar-refractivity contribution in [3.63, 3.8) is 0 Å². The molecule has 0 unspecified atom stereocenters. The molecule has 7 heteroatoms. The fourth-order valence-electron chi connectivity index (χ4n) is 0.804. The van der Waals surface area contributed by atoms with Crippen LogP contribution in [0.4, 0.5) is 0 Å². The molecular weight excluding hydrogens is 206 g/mol. The van der Waals surface area contributed by atoms with E-state index in [0.29, 0.717) is 0 Å². The summed E-state index contributed by atoms with van der Waals surface area (Å²) in [6.07, 6.45) is -1.22. The summed E-state index contributed by atoms with van der Waals surface area (Å²) in [4.78, 5) is 41.7. The van der Waals surface area contributed by atoms with Crippen molar-refractivity contribution >= 4 is 23.5 Å². The molecule has 3 N–H and O–H groups in total. The van der Waals surface area contributed by atoms with Crippen molar-refractivity contribution in [2.24, 2.45) is 0 Å². The van der Waals surface area contributed by atoms with Crippen LogP contribution >= 0.6 is 0 Å². The number of ketones is 2. The third kappa shape index (κ3) is 8.57. The first-order valence-corrected chi connectivity index (χ1v) is 4.09. The summed E-state index contributed by atoms with van der Waals surface area (Å²) in [6, 6.07) is 0. The van der Waals surface area contributed by atoms with Crippen LogP contribution in [0.25, 0.3) is 0 Å². The van der Waals surface area contributed by atoms with Gasteiger partial charge in [0.2, 0.25) is 0 Å². The monoisotopic (exact) mass is 217 g/mol. The molecule has 0 radical (unpaired) electrons. The molecule has 0 amide bonds. The van der Waals surface area contributed by atoms with E-state index < -0.39 is 36.3 Å². The molecule has 0 saturated carbocycles. The summed E-state index contributed by atoms with van der Waals surface area (Å²) in [7, 11) is 0. The van der Waals surface area contributed by atoms with E-state index in [1.165, 1.54) is 0 Å². The molecule has 7 nitrogen and oxygen atoms in total. The highest BCUT2D eigenvalue weighted by Crippen LogP contribution is 1.84. The average Bonchev–Trinajstić information content (AvgIpc) is 2.00. The highest BCUT2D eigenvalue weighted by atomic mass is 16.4. The van der Waals surface area contributed by atoms with E-state index in [4.69, 9.17) is 10.2 Å². The standard InChI is InChI=1S/C8H11NO6/c10-5(1-7(12)13)3-9-4-6(11)2-8(14)15/h9H,1-4H2,(H,12,13)(H,14,15). The first-order valence-electron chi connectivity index (χ1n) is 4.09. The second kappa shape index (κ2) is 6.66. The summed E-state index contributed by atoms with van der Waals surface area (Å²) in [5, 5.41) is 18.8. The first kappa shape index (κ1) is 13.2. The highest BCUT2D eigenvalue weighted by Gasteiger charge is 2.10. The lowest BCUT2D eigenvalue weighted by atomic mass is 10.2. The number of carboxylic acids is 2. The molecule has 15 heavy (non-hydrogen) atoms. The minimum absolute atomic E-state index is 0.252. The Bertz CT molecular complexity index is 257. The number of nitrogens with one attached hydrogen (secondary N) is 1. The van der Waals surface area contributed by atoms with Crippen molar-refractivity contribution < 1.29 is 29.4 Å². The topological polar surface area (TPSA) is 121 Å². The average molecular weight is 217 g/mol. The van der Waals surface area contributed by atoms with Gasteiger partial charge in [0.25, 0.3) is 0 Å². The molecule has 0 aromatic rings. The van der Waals surface area contributed by atoms with E-state index in [1.54, 1.807) is 0 Å². The van der Waals surface area contributed by atoms with Gasteiger partial charge in [-0.1, -0.05) is 0 Å². The second-order valence-electron chi connectivity index (χ2n) is 2.82. The van der Waals surface area contributed by atoms with Crippen LogP contribution in [0.3, 0.4) is 0 Å². The van der Waals surface area contributed by atoms with E-state index in [-0.39, 0.29) is 13.1 Å². The van der Waals surface area contributed by atoms with Crippen LogP contribution < -0.4 is 5.32 Å². The number of aliphatic carboxylic acids is 2. The van der Waals surface area contributed by atoms with Crippen LogP contribution in [0.15, 0.2) is 0 Å². The zero-order valence-electron chi connectivity index (χ0n) is 7.86. The van der Waals surface area contributed by atoms with Gasteiger partial charge in [0.1, 0.15) is 12.8 Å². The van der Waals surface area contributed by atoms with Gasteiger partial charge in [-0.2, -0.15) is 0 Å². The third-order valence-corrected chi connectivity index (χ3v) is 1.34. The predicted molar refractivity (Wildman–Crippen MR) is 47.4 cm³/mol. The molecule has 0 aliphatic carbocycles. The molecule has 0 heterocycles. The largest absolute Gasteiger partial charge is 0.481 e. The normalized spacial score (nSPS) is 9.60. The Morgan fingerprint density at radius 2 is 1.13 bits per heavy atom. The zero-order valence-corrected chi connectivity index (χ0v) is 7.86. The minimum atomic E-state index is -1.24. The molecule has 0 aromatic heterocycles. The predicted octanol–water partition coefficient (Wildman–Crippen LogP) is -1.34. The van der Waals surface area contributed by atoms with Crippen molar-refractivity contribution in [3.05, 3.63) is 0 Å². The quantitative estimate of drug-likeness (QED) is 0.430. The molecule has 0 aliphatic rings. The number of hydrogen-bond acceptors (Lipinski definition) is 5. The Balaban J connectivity index is 3.61. The Morgan fingerprint density at radius 3 is 1.40 bits per heavy atom. The molecule has 0 aromatic carbocycles. The molecule has 0 bridgehead atoms. The lowest BCUT2D eigenvalue weighted by molar-refractivity contribution is -0.141. The molecule has 0 saturated heterocycles. The maximum Gasteiger partial charge on any atom is 0.310 e. The van der Waals surface area contributed by atoms with Gasteiger partial charge < -0.3 is 15.5 Å². The van der Waals surface area contributed by atoms with Crippen LogP contribution in [0.2, 0.25) is 0 Å². The van der Waals surface area contributed by atoms with Gasteiger partial charge in [-0.15, -0.1) is 0 Å². The van der Waals surface area contributed by atoms with Gasteiger partial charge in [-0.25, -0.2) is 0 Å². The highest BCUT2D eigenvalue weighted by molar-refractivity contribution is 5.97. The lowest BCUT2D eigenvalue weighted by Gasteiger charge is -2.00. The van der Waals surface area contributed by atoms with Crippen LogP contribution in [-0.2, 0) is 19.2 Å². The smallest absolute Gasteiger partial charge is 0.310 e. The lowest BCUT2D eigenvalue weighted by Crippen LogP contribution is -2.30. The van der Waals surface area contributed by atoms with Crippen molar-refractivity contribution in [1.82, 2.24) is 5.32 Å². The van der Waals surface area contributed by atoms with Crippen molar-refractivity contribution in [2.45, 2.75) is 12.8 Å². The van der Waals surface area contributed by atoms with Crippen molar-refractivity contribution in [3.8, 4) is 0 Å². The Labute approximate surface area is 85.1 Å². The first-order chi connectivity index (χ1) is 6.91. The number of carboxylic acid groups (broad SMARTS) is 2. The van der Waals surface area contributed by atoms with Gasteiger partial charge in [0.15, 0.2) is 11.6 Å². The molecule has 0 atom stereocenters. The van der Waals surface area contributed by atoms with Crippen molar-refractivity contribution in [1.29, 1.82) is 0 Å². The Kier molecular flexibility index (Phi) is 5.88. The summed E-state index contributed by atoms with van der Waals surface area (Å²) >= 11 is 0. The number of carbonyl (C=O) groups excluding carboxylic acids is 2. The van der Waals surface area contributed by atoms with Gasteiger partial charge in [-0.05, 0) is 0 Å². The molecule has 0 aliphatic heterocycles. The summed E-state index contributed by atoms with van der Waals surface area (Å²) in [5.41, 5.74) is 0. The van der Waals surface area contributed by atoms with Gasteiger partial charge in [0, 0.05) is 0 Å². The Morgan fingerprint density at radius 1 is 0.800 bits per heavy atom. The molecule has 0 spiro atoms. The van der Waals surface area contributed by atoms with Crippen molar-refractivity contribution in [2.75, 3.05) is 13.1 Å². The SMILES string of the molecule is O=C(O)CC(=O)CNCC(=O)CC(=O)O. The number of carbonyl (C=O) groups is 4. The fraction of sp³-hybridized carbons (Fsp3) is 0.500. The molecule has 84 valence electrons. The third-order valence-electron chi connectivity index (χ3n) is 1.34. The fourth-order valence-corrected chi connectivity index (χ4v) is 0.804. The van der Waals surface area contributed by atoms with Crippen LogP contribution in [-0.4, -0.2) is 46.8 Å². The number of Topliss-reactive ketones (excluding diaryl/α,β-unsaturated/α-hetero) is 2. The maximum absolute atomic E-state index is 10.8. The van der Waals surface area contributed by atoms with E-state index >= 15 is 0 Å². The summed E-state index contributed by atoms with van der Waals surface area (Å²) in [5.74, 6) is -3.60. The van der Waals surface area contributed by atoms with Crippen LogP contribution in [0.5, 0.6) is 0 Å². The summed E-state index contributed by atoms with van der Waals surface area (Å²) < 4.78 is 0. The molecule has 0 fully saturated rings. The Hall–Kier alpha value is -1.76. The number of hydrogen-bond donors (Lipinski definition) is 3. The van der Waals surface area contributed by atoms with Crippen LogP contribution in [0, 0.1) is 0 Å². The van der Waals surface area contributed by atoms with E-state index in [1.807, 2.05) is 0 Å². The molecular formula is C8H11NO6. The minimum Gasteiger partial charge on any atom is -0.481 e. The molecule has 0 rings (SSSR count). The maximum atomic E-state index is 10.8. The van der Waals surface area contributed by atoms with E-state index in [9.17, 15) is 19.2 Å². The van der Waals surface area contributed by atoms with E-state index in [0.717, 1.165) is 0 Å². The van der Waals surface area contributed by atoms with E-state index in [2.05, 4.69) is 5.32 Å². The van der Waals surface area contributed by atoms with Gasteiger partial charge in [-0.3, -0.25) is 19.2 Å².